The van der Waals surface area contributed by atoms with Crippen LogP contribution in [0.4, 0.5) is 0 Å². The van der Waals surface area contributed by atoms with Gasteiger partial charge in [-0.2, -0.15) is 0 Å². The topological polar surface area (TPSA) is 0 Å². The van der Waals surface area contributed by atoms with E-state index in [0.717, 1.165) is 9.83 Å². The molecule has 0 amide bonds. The molecular weight excluding hydrogens is 2690 g/mol. The van der Waals surface area contributed by atoms with Crippen LogP contribution >= 0.6 is 42.7 Å². The van der Waals surface area contributed by atoms with Crippen LogP contribution in [0.5, 0.6) is 0 Å². The van der Waals surface area contributed by atoms with E-state index in [1.54, 1.807) is 21.2 Å². The summed E-state index contributed by atoms with van der Waals surface area (Å²) in [5, 5.41) is -95.4. The van der Waals surface area contributed by atoms with Crippen LogP contribution in [0.3, 0.4) is 0 Å². The van der Waals surface area contributed by atoms with Gasteiger partial charge in [0.2, 0.25) is 0 Å². The van der Waals surface area contributed by atoms with Crippen molar-refractivity contribution in [3.8, 4) is 0 Å². The highest BCUT2D eigenvalue weighted by Gasteiger charge is 2.49. The molecule has 0 N–H and O–H groups in total. The molecule has 0 bridgehead atoms. The molecule has 0 saturated heterocycles. The number of thiol groups is 1. The summed E-state index contributed by atoms with van der Waals surface area (Å²) in [6.07, 6.45) is 0. The minimum Gasteiger partial charge on any atom is -0.0983 e. The van der Waals surface area contributed by atoms with E-state index in [1.807, 2.05) is 0 Å². The lowest BCUT2D eigenvalue weighted by Gasteiger charge is -2.37. The van der Waals surface area contributed by atoms with Crippen LogP contribution in [0.1, 0.15) is 0 Å². The number of rotatable bonds is 26. The van der Waals surface area contributed by atoms with Crippen LogP contribution in [0.25, 0.3) is 0 Å². The third-order valence-corrected chi connectivity index (χ3v) is 521. The molecule has 0 heterocycles. The molecule has 0 aliphatic carbocycles. The molecule has 81 heteroatoms. The molecule has 0 aromatic heterocycles. The summed E-state index contributed by atoms with van der Waals surface area (Å²) < 4.78 is -2.74. The lowest BCUT2D eigenvalue weighted by Crippen LogP contribution is -2.40. The van der Waals surface area contributed by atoms with Gasteiger partial charge in [-0.1, -0.05) is 11.7 Å². The second kappa shape index (κ2) is 32.5. The van der Waals surface area contributed by atoms with E-state index >= 15 is 0 Å². The quantitative estimate of drug-likeness (QED) is 0.0579. The normalized spacial score (nSPS) is 16.9. The molecule has 0 saturated carbocycles. The summed E-state index contributed by atoms with van der Waals surface area (Å²) >= 11 is 319. The number of halogens is 1. The maximum atomic E-state index is 6.18. The summed E-state index contributed by atoms with van der Waals surface area (Å²) in [4.78, 5) is 0. The molecule has 488 valence electrons. The molecule has 0 aromatic carbocycles. The van der Waals surface area contributed by atoms with Crippen LogP contribution in [-0.2, 0) is 715 Å². The zero-order chi connectivity index (χ0) is 67.7. The van der Waals surface area contributed by atoms with Crippen molar-refractivity contribution >= 4 is 758 Å². The fraction of sp³-hybridized carbons (Fsp3) is 0. The van der Waals surface area contributed by atoms with Gasteiger partial charge >= 0.3 is 0 Å². The van der Waals surface area contributed by atoms with E-state index in [-0.39, 0.29) is 0 Å². The summed E-state index contributed by atoms with van der Waals surface area (Å²) in [6, 6.07) is 0. The summed E-state index contributed by atoms with van der Waals surface area (Å²) in [5.41, 5.74) is 0. The fourth-order valence-electron chi connectivity index (χ4n) is 2.48. The second-order valence-electron chi connectivity index (χ2n) is 10.7. The maximum absolute atomic E-state index is 6.18. The van der Waals surface area contributed by atoms with Crippen LogP contribution in [0.15, 0.2) is 0 Å². The van der Waals surface area contributed by atoms with Crippen molar-refractivity contribution in [2.75, 3.05) is 0 Å². The van der Waals surface area contributed by atoms with Crippen molar-refractivity contribution in [1.29, 1.82) is 0 Å². The van der Waals surface area contributed by atoms with Gasteiger partial charge in [-0.15, -0.1) is 0 Å². The Morgan fingerprint density at radius 3 is 0.296 bits per heavy atom. The van der Waals surface area contributed by atoms with E-state index in [2.05, 4.69) is 11.7 Å². The average molecular weight is 2690 g/mol. The maximum Gasteiger partial charge on any atom is 0.0451 e. The molecule has 0 nitrogen and oxygen atoms in total. The van der Waals surface area contributed by atoms with Gasteiger partial charge in [0.1, 0.15) is 0 Å². The molecule has 0 spiro atoms. The smallest absolute Gasteiger partial charge is 0.0451 e. The number of hydrogen-bond acceptors (Lipinski definition) is 54. The first kappa shape index (κ1) is 103. The highest BCUT2D eigenvalue weighted by atomic mass is 127. The Bertz CT molecular complexity index is 6070. The Morgan fingerprint density at radius 1 is 0.148 bits per heavy atom. The van der Waals surface area contributed by atoms with Crippen molar-refractivity contribution < 1.29 is 0 Å². The average Bonchev–Trinajstić information content (AvgIpc) is 3.23. The molecule has 0 fully saturated rings. The zero-order valence-corrected chi connectivity index (χ0v) is 101. The molecule has 0 aliphatic heterocycles. The van der Waals surface area contributed by atoms with Gasteiger partial charge in [-0.05, 0) is 592 Å². The van der Waals surface area contributed by atoms with E-state index < -0.39 is 134 Å². The molecular formula is HIS80. The Balaban J connectivity index is 8.71. The standard InChI is InChI=1S/HIS80/c1-56(3,4)58(7,8)60(11,12)62(15,16)64(19,20)66(23,24)68(27,28)70(31,32)72(35,36)74(39,40)76(43,44)78(47,48)80(51,52)81(53,54)79(49,50)77(45,46)75(41,42)73(37,38)71(33,34)69(29,30)67(25,26)65(21,22)63(17,18)61(13,14)59(9,10)57(5,6)55-2/h2H. The van der Waals surface area contributed by atoms with E-state index in [4.69, 9.17) is 582 Å². The third kappa shape index (κ3) is 16.3. The monoisotopic (exact) mass is 2690 g/mol. The molecule has 0 rings (SSSR count). The highest BCUT2D eigenvalue weighted by molar-refractivity contribution is 14.2. The van der Waals surface area contributed by atoms with Gasteiger partial charge in [0.05, 0.1) is 0 Å². The highest BCUT2D eigenvalue weighted by Crippen LogP contribution is 2.46. The predicted molar refractivity (Wildman–Crippen MR) is 605 cm³/mol. The first-order chi connectivity index (χ1) is 33.8. The van der Waals surface area contributed by atoms with Crippen molar-refractivity contribution in [1.82, 2.24) is 0 Å². The summed E-state index contributed by atoms with van der Waals surface area (Å²) in [6.45, 7) is 0. The van der Waals surface area contributed by atoms with Crippen LogP contribution < -0.4 is 0 Å². The van der Waals surface area contributed by atoms with Crippen LogP contribution in [0, 0.1) is 0 Å². The lowest BCUT2D eigenvalue weighted by molar-refractivity contribution is 4.96. The molecule has 0 radical (unpaired) electrons. The fourth-order valence-corrected chi connectivity index (χ4v) is 613. The molecule has 0 unspecified atom stereocenters. The van der Waals surface area contributed by atoms with Crippen molar-refractivity contribution in [2.45, 2.75) is 0 Å². The molecule has 0 aromatic rings. The van der Waals surface area contributed by atoms with Gasteiger partial charge < -0.3 is 0 Å². The first-order valence-corrected chi connectivity index (χ1v) is 122. The minimum absolute atomic E-state index is 0.724. The Labute approximate surface area is 734 Å². The van der Waals surface area contributed by atoms with Gasteiger partial charge in [0.15, 0.2) is 0 Å². The lowest BCUT2D eigenvalue weighted by atomic mass is 29.7. The van der Waals surface area contributed by atoms with E-state index in [9.17, 15) is 0 Å². The summed E-state index contributed by atoms with van der Waals surface area (Å²) in [5.74, 6) is 0. The van der Waals surface area contributed by atoms with E-state index in [1.165, 1.54) is 0 Å². The van der Waals surface area contributed by atoms with E-state index in [0.29, 0.717) is 0 Å². The SMILES string of the molecule is S=S(=S)(I)S(=S)(=S)S(=S)(=S)S(=S)(=S)S(=S)(=S)S(=S)(=S)S(=S)(=S)S(=S)(=S)S(=S)(=S)S(=S)(=S)S(=S)(=S)S(=S)(=S)S(=S)(=S)S(=S)(=S)S(=S)(=S)S(=S)(=S)S(=S)(=S)S(=S)(=S)S(=S)(=S)S(=S)(=S)S(=S)(=S)S(=S)(=S)S(=S)(=S)S(=S)(=S)S(=S)(=S)S(=S)(=S)SS. The third-order valence-electron chi connectivity index (χ3n) is 6.34. The molecule has 0 aliphatic rings. The largest absolute Gasteiger partial charge is 0.0983 e. The minimum atomic E-state index is -4.09. The Kier molecular flexibility index (Phi) is 41.3. The number of hydrogen-bond donors (Lipinski definition) is 1. The Hall–Kier alpha value is 22.0. The van der Waals surface area contributed by atoms with Gasteiger partial charge in [-0.25, -0.2) is 0 Å². The predicted octanol–water partition coefficient (Wildman–Crippen LogP) is 1.73. The van der Waals surface area contributed by atoms with Crippen molar-refractivity contribution in [2.24, 2.45) is 0 Å². The van der Waals surface area contributed by atoms with Crippen LogP contribution in [-0.4, -0.2) is 0 Å². The zero-order valence-electron chi connectivity index (χ0n) is 33.1. The molecule has 0 atom stereocenters. The van der Waals surface area contributed by atoms with Crippen LogP contribution in [0.2, 0.25) is 0 Å². The first-order valence-electron chi connectivity index (χ1n) is 13.3. The van der Waals surface area contributed by atoms with Crippen molar-refractivity contribution in [3.05, 3.63) is 0 Å². The Morgan fingerprint density at radius 2 is 0.222 bits per heavy atom. The van der Waals surface area contributed by atoms with Gasteiger partial charge in [0, 0.05) is 155 Å². The van der Waals surface area contributed by atoms with Crippen molar-refractivity contribution in [3.63, 3.8) is 0 Å². The van der Waals surface area contributed by atoms with Gasteiger partial charge in [0.25, 0.3) is 0 Å². The summed E-state index contributed by atoms with van der Waals surface area (Å²) in [7, 11) is 0.724. The molecule has 81 heavy (non-hydrogen) atoms. The second-order valence-corrected chi connectivity index (χ2v) is 295. The van der Waals surface area contributed by atoms with Gasteiger partial charge in [-0.3, -0.25) is 0 Å².